The molecule has 12 nitrogen and oxygen atoms in total. The van der Waals surface area contributed by atoms with E-state index in [-0.39, 0.29) is 52.5 Å². The summed E-state index contributed by atoms with van der Waals surface area (Å²) in [6, 6.07) is 5.72. The van der Waals surface area contributed by atoms with Gasteiger partial charge in [-0.25, -0.2) is 19.1 Å². The Kier molecular flexibility index (Phi) is 15.8. The summed E-state index contributed by atoms with van der Waals surface area (Å²) in [5, 5.41) is 6.45. The first-order valence-electron chi connectivity index (χ1n) is 21.3. The van der Waals surface area contributed by atoms with Crippen LogP contribution >= 0.6 is 0 Å². The van der Waals surface area contributed by atoms with E-state index in [1.165, 1.54) is 41.5 Å². The van der Waals surface area contributed by atoms with E-state index in [0.29, 0.717) is 49.3 Å². The lowest BCUT2D eigenvalue weighted by Crippen LogP contribution is -2.42. The molecule has 1 aliphatic heterocycles. The predicted molar refractivity (Wildman–Crippen MR) is 219 cm³/mol. The molecule has 2 fully saturated rings. The number of carbonyl (C=O) groups excluding carboxylic acids is 3. The van der Waals surface area contributed by atoms with Gasteiger partial charge in [-0.1, -0.05) is 111 Å². The molecule has 12 heteroatoms. The summed E-state index contributed by atoms with van der Waals surface area (Å²) in [6.45, 7) is 22.3. The van der Waals surface area contributed by atoms with Crippen molar-refractivity contribution in [1.82, 2.24) is 19.5 Å². The quantitative estimate of drug-likeness (QED) is 0.0747. The summed E-state index contributed by atoms with van der Waals surface area (Å²) in [7, 11) is 0. The number of aryl methyl sites for hydroxylation is 1. The van der Waals surface area contributed by atoms with Gasteiger partial charge in [0.15, 0.2) is 17.2 Å². The average Bonchev–Trinajstić information content (AvgIpc) is 3.72. The van der Waals surface area contributed by atoms with Crippen LogP contribution in [0.2, 0.25) is 0 Å². The highest BCUT2D eigenvalue weighted by molar-refractivity contribution is 5.94. The number of aromatic amines is 1. The minimum absolute atomic E-state index is 0.0386. The summed E-state index contributed by atoms with van der Waals surface area (Å²) in [5.74, 6) is 0.164. The zero-order valence-corrected chi connectivity index (χ0v) is 34.6. The van der Waals surface area contributed by atoms with Crippen molar-refractivity contribution in [2.75, 3.05) is 31.6 Å². The van der Waals surface area contributed by atoms with Crippen LogP contribution in [0.25, 0.3) is 21.9 Å². The highest BCUT2D eigenvalue weighted by atomic mass is 16.6. The van der Waals surface area contributed by atoms with Crippen molar-refractivity contribution in [3.8, 4) is 23.0 Å². The van der Waals surface area contributed by atoms with Gasteiger partial charge < -0.3 is 24.4 Å². The van der Waals surface area contributed by atoms with E-state index in [2.05, 4.69) is 49.9 Å². The number of hydrogen-bond acceptors (Lipinski definition) is 7. The van der Waals surface area contributed by atoms with Crippen molar-refractivity contribution in [3.63, 3.8) is 0 Å². The number of fused-ring (bicyclic) bond motifs is 1. The van der Waals surface area contributed by atoms with Gasteiger partial charge in [0.25, 0.3) is 5.69 Å². The number of anilines is 1. The Balaban J connectivity index is 1.44. The fraction of sp³-hybridized carbons (Fsp3) is 0.659. The van der Waals surface area contributed by atoms with Crippen LogP contribution in [0.4, 0.5) is 16.2 Å². The molecule has 1 saturated heterocycles. The molecule has 5 rings (SSSR count). The van der Waals surface area contributed by atoms with Crippen molar-refractivity contribution in [1.29, 1.82) is 0 Å². The number of carbonyl (C=O) groups is 3. The maximum absolute atomic E-state index is 13.9. The van der Waals surface area contributed by atoms with Crippen molar-refractivity contribution in [3.05, 3.63) is 35.2 Å². The van der Waals surface area contributed by atoms with E-state index in [4.69, 9.17) is 25.8 Å². The van der Waals surface area contributed by atoms with Crippen LogP contribution in [0.1, 0.15) is 130 Å². The van der Waals surface area contributed by atoms with Crippen molar-refractivity contribution in [2.24, 2.45) is 29.6 Å². The van der Waals surface area contributed by atoms with Crippen LogP contribution in [0, 0.1) is 43.1 Å². The first-order chi connectivity index (χ1) is 27.1. The maximum Gasteiger partial charge on any atom is 0.415 e. The van der Waals surface area contributed by atoms with Gasteiger partial charge in [-0.3, -0.25) is 14.7 Å². The smallest absolute Gasteiger partial charge is 0.415 e. The summed E-state index contributed by atoms with van der Waals surface area (Å²) in [4.78, 5) is 51.2. The molecular formula is C44H64N6O6. The van der Waals surface area contributed by atoms with Gasteiger partial charge in [0.05, 0.1) is 25.7 Å². The van der Waals surface area contributed by atoms with E-state index in [9.17, 15) is 14.4 Å². The summed E-state index contributed by atoms with van der Waals surface area (Å²) in [5.41, 5.74) is 2.32. The molecule has 2 N–H and O–H groups in total. The van der Waals surface area contributed by atoms with Gasteiger partial charge in [0.2, 0.25) is 11.8 Å². The van der Waals surface area contributed by atoms with E-state index >= 15 is 0 Å². The standard InChI is InChI=1S/C44H64N6O6/c1-8-10-12-14-15-17-19-33(18-16-13-11-9-2)41(51)46-35-28-34(21-20-30(35)4)39-47-40-38(55-43(52)36-31(5)26-29(3)27-32(36)6)37(45-7)42(50(40)48-39)56-44(53)49-22-24-54-25-23-49/h20-21,28-29,31-33,36H,8-19,22-27H2,1-6H3,(H,46,51)(H,47,48). The number of morpholine rings is 1. The topological polar surface area (TPSA) is 132 Å². The molecule has 3 unspecified atom stereocenters. The van der Waals surface area contributed by atoms with Gasteiger partial charge in [-0.2, -0.15) is 0 Å². The van der Waals surface area contributed by atoms with Gasteiger partial charge >= 0.3 is 12.1 Å². The number of ether oxygens (including phenoxy) is 3. The normalized spacial score (nSPS) is 20.4. The van der Waals surface area contributed by atoms with Crippen LogP contribution in [-0.2, 0) is 14.3 Å². The first kappa shape index (κ1) is 42.8. The average molecular weight is 773 g/mol. The van der Waals surface area contributed by atoms with Crippen molar-refractivity contribution >= 4 is 35.0 Å². The van der Waals surface area contributed by atoms with Gasteiger partial charge in [0, 0.05) is 30.3 Å². The van der Waals surface area contributed by atoms with Gasteiger partial charge in [-0.15, -0.1) is 0 Å². The largest absolute Gasteiger partial charge is 0.434 e. The lowest BCUT2D eigenvalue weighted by atomic mass is 9.69. The summed E-state index contributed by atoms with van der Waals surface area (Å²) < 4.78 is 18.8. The number of rotatable bonds is 18. The third-order valence-corrected chi connectivity index (χ3v) is 11.7. The molecule has 0 radical (unpaired) electrons. The minimum Gasteiger partial charge on any atom is -0.434 e. The number of benzene rings is 1. The molecule has 56 heavy (non-hydrogen) atoms. The van der Waals surface area contributed by atoms with Crippen LogP contribution in [-0.4, -0.2) is 63.8 Å². The first-order valence-corrected chi connectivity index (χ1v) is 21.3. The van der Waals surface area contributed by atoms with Crippen LogP contribution in [0.15, 0.2) is 18.2 Å². The maximum atomic E-state index is 13.9. The van der Waals surface area contributed by atoms with E-state index in [1.54, 1.807) is 0 Å². The van der Waals surface area contributed by atoms with Gasteiger partial charge in [0.1, 0.15) is 0 Å². The molecule has 0 spiro atoms. The van der Waals surface area contributed by atoms with E-state index < -0.39 is 12.1 Å². The molecule has 3 atom stereocenters. The third kappa shape index (κ3) is 10.7. The fourth-order valence-electron chi connectivity index (χ4n) is 8.64. The lowest BCUT2D eigenvalue weighted by molar-refractivity contribution is -0.144. The number of H-pyrrole nitrogens is 1. The Morgan fingerprint density at radius 2 is 1.57 bits per heavy atom. The summed E-state index contributed by atoms with van der Waals surface area (Å²) >= 11 is 0. The number of nitrogens with zero attached hydrogens (tertiary/aromatic N) is 4. The zero-order valence-electron chi connectivity index (χ0n) is 34.6. The second kappa shape index (κ2) is 20.7. The molecule has 1 saturated carbocycles. The minimum atomic E-state index is -0.638. The lowest BCUT2D eigenvalue weighted by Gasteiger charge is -2.36. The third-order valence-electron chi connectivity index (χ3n) is 11.7. The van der Waals surface area contributed by atoms with Crippen LogP contribution in [0.3, 0.4) is 0 Å². The molecule has 2 aliphatic rings. The molecule has 0 bridgehead atoms. The summed E-state index contributed by atoms with van der Waals surface area (Å²) in [6.07, 6.45) is 14.5. The number of hydrogen-bond donors (Lipinski definition) is 2. The Labute approximate surface area is 333 Å². The molecular weight excluding hydrogens is 709 g/mol. The second-order valence-corrected chi connectivity index (χ2v) is 16.4. The number of amides is 2. The van der Waals surface area contributed by atoms with Crippen LogP contribution in [0.5, 0.6) is 11.6 Å². The zero-order chi connectivity index (χ0) is 40.2. The Morgan fingerprint density at radius 1 is 0.946 bits per heavy atom. The number of unbranched alkanes of at least 4 members (excludes halogenated alkanes) is 8. The Morgan fingerprint density at radius 3 is 2.21 bits per heavy atom. The van der Waals surface area contributed by atoms with Crippen molar-refractivity contribution < 1.29 is 28.6 Å². The molecule has 2 aromatic heterocycles. The van der Waals surface area contributed by atoms with Gasteiger partial charge in [-0.05, 0) is 62.0 Å². The highest BCUT2D eigenvalue weighted by Crippen LogP contribution is 2.46. The highest BCUT2D eigenvalue weighted by Gasteiger charge is 2.39. The van der Waals surface area contributed by atoms with E-state index in [1.807, 2.05) is 25.1 Å². The molecule has 2 amide bonds. The predicted octanol–water partition coefficient (Wildman–Crippen LogP) is 10.5. The Hall–Kier alpha value is -4.37. The monoisotopic (exact) mass is 772 g/mol. The molecule has 306 valence electrons. The number of aromatic nitrogens is 3. The SMILES string of the molecule is [C-]#[N+]c1c(OC(=O)C2C(C)CC(C)CC2C)c2nc(-c3ccc(C)c(NC(=O)C(CCCCCC)CCCCCCCC)c3)[nH]n2c1OC(=O)N1CCOCC1. The van der Waals surface area contributed by atoms with Crippen molar-refractivity contribution in [2.45, 2.75) is 131 Å². The molecule has 1 aliphatic carbocycles. The molecule has 1 aromatic carbocycles. The second-order valence-electron chi connectivity index (χ2n) is 16.4. The molecule has 3 aromatic rings. The molecule has 3 heterocycles. The number of nitrogens with one attached hydrogen (secondary N) is 2. The fourth-order valence-corrected chi connectivity index (χ4v) is 8.64. The Bertz CT molecular complexity index is 1810. The number of esters is 1. The van der Waals surface area contributed by atoms with Crippen LogP contribution < -0.4 is 14.8 Å². The van der Waals surface area contributed by atoms with E-state index in [0.717, 1.165) is 63.4 Å².